The van der Waals surface area contributed by atoms with E-state index in [1.807, 2.05) is 18.4 Å². The number of aliphatic imine (C=N–C) groups is 1. The molecule has 1 aromatic carbocycles. The van der Waals surface area contributed by atoms with Crippen LogP contribution in [0.2, 0.25) is 0 Å². The summed E-state index contributed by atoms with van der Waals surface area (Å²) in [6.45, 7) is 7.85. The van der Waals surface area contributed by atoms with Gasteiger partial charge in [-0.3, -0.25) is 4.99 Å². The fourth-order valence-corrected chi connectivity index (χ4v) is 4.64. The predicted molar refractivity (Wildman–Crippen MR) is 104 cm³/mol. The summed E-state index contributed by atoms with van der Waals surface area (Å²) in [5.74, 6) is 2.54. The predicted octanol–water partition coefficient (Wildman–Crippen LogP) is 3.78. The third-order valence-corrected chi connectivity index (χ3v) is 5.67. The maximum atomic E-state index is 4.71. The molecular weight excluding hydrogens is 316 g/mol. The van der Waals surface area contributed by atoms with E-state index in [-0.39, 0.29) is 0 Å². The van der Waals surface area contributed by atoms with Crippen LogP contribution in [0.3, 0.4) is 0 Å². The summed E-state index contributed by atoms with van der Waals surface area (Å²) in [4.78, 5) is 11.6. The van der Waals surface area contributed by atoms with Crippen molar-refractivity contribution in [2.24, 2.45) is 16.8 Å². The topological polar surface area (TPSA) is 40.5 Å². The Kier molecular flexibility index (Phi) is 5.72. The van der Waals surface area contributed by atoms with Gasteiger partial charge in [0.1, 0.15) is 0 Å². The van der Waals surface area contributed by atoms with Crippen molar-refractivity contribution in [2.75, 3.05) is 26.7 Å². The molecule has 0 saturated carbocycles. The molecule has 0 bridgehead atoms. The summed E-state index contributed by atoms with van der Waals surface area (Å²) >= 11 is 1.81. The second kappa shape index (κ2) is 7.97. The summed E-state index contributed by atoms with van der Waals surface area (Å²) in [5, 5.41) is 4.77. The summed E-state index contributed by atoms with van der Waals surface area (Å²) in [6, 6.07) is 8.37. The molecule has 2 unspecified atom stereocenters. The van der Waals surface area contributed by atoms with Gasteiger partial charge in [-0.2, -0.15) is 0 Å². The van der Waals surface area contributed by atoms with Crippen LogP contribution in [0.4, 0.5) is 0 Å². The number of hydrogen-bond acceptors (Lipinski definition) is 3. The monoisotopic (exact) mass is 344 g/mol. The quantitative estimate of drug-likeness (QED) is 0.521. The minimum Gasteiger partial charge on any atom is -0.356 e. The van der Waals surface area contributed by atoms with Crippen LogP contribution in [0.15, 0.2) is 29.3 Å². The van der Waals surface area contributed by atoms with Crippen LogP contribution in [-0.2, 0) is 6.42 Å². The van der Waals surface area contributed by atoms with Gasteiger partial charge in [-0.15, -0.1) is 11.3 Å². The second-order valence-electron chi connectivity index (χ2n) is 7.00. The molecule has 1 aliphatic rings. The Hall–Kier alpha value is -1.62. The number of guanidine groups is 1. The maximum Gasteiger partial charge on any atom is 0.193 e. The van der Waals surface area contributed by atoms with Gasteiger partial charge in [-0.25, -0.2) is 4.98 Å². The van der Waals surface area contributed by atoms with Gasteiger partial charge in [0.05, 0.1) is 15.2 Å². The van der Waals surface area contributed by atoms with Crippen LogP contribution >= 0.6 is 11.3 Å². The normalized spacial score (nSPS) is 22.1. The third-order valence-electron chi connectivity index (χ3n) is 4.57. The molecule has 4 nitrogen and oxygen atoms in total. The van der Waals surface area contributed by atoms with Crippen molar-refractivity contribution in [2.45, 2.75) is 33.1 Å². The van der Waals surface area contributed by atoms with Gasteiger partial charge in [-0.05, 0) is 36.8 Å². The van der Waals surface area contributed by atoms with Crippen molar-refractivity contribution >= 4 is 27.5 Å². The fraction of sp³-hybridized carbons (Fsp3) is 0.579. The number of piperidine rings is 1. The first kappa shape index (κ1) is 17.2. The molecule has 2 aromatic rings. The first-order valence-corrected chi connectivity index (χ1v) is 9.77. The Morgan fingerprint density at radius 3 is 2.75 bits per heavy atom. The van der Waals surface area contributed by atoms with E-state index in [0.717, 1.165) is 55.8 Å². The number of nitrogens with one attached hydrogen (secondary N) is 1. The van der Waals surface area contributed by atoms with Crippen LogP contribution in [0.1, 0.15) is 31.7 Å². The molecule has 5 heteroatoms. The lowest BCUT2D eigenvalue weighted by Gasteiger charge is -2.37. The molecule has 1 saturated heterocycles. The van der Waals surface area contributed by atoms with E-state index in [2.05, 4.69) is 53.3 Å². The van der Waals surface area contributed by atoms with Gasteiger partial charge >= 0.3 is 0 Å². The molecule has 130 valence electrons. The molecule has 1 N–H and O–H groups in total. The fourth-order valence-electron chi connectivity index (χ4n) is 3.63. The lowest BCUT2D eigenvalue weighted by Crippen LogP contribution is -2.48. The van der Waals surface area contributed by atoms with Crippen LogP contribution in [0.25, 0.3) is 10.2 Å². The van der Waals surface area contributed by atoms with Crippen molar-refractivity contribution in [1.29, 1.82) is 0 Å². The molecule has 2 heterocycles. The average Bonchev–Trinajstić information content (AvgIpc) is 2.96. The molecule has 0 radical (unpaired) electrons. The van der Waals surface area contributed by atoms with E-state index in [0.29, 0.717) is 0 Å². The number of para-hydroxylation sites is 1. The molecule has 1 aromatic heterocycles. The van der Waals surface area contributed by atoms with E-state index in [4.69, 9.17) is 4.98 Å². The third kappa shape index (κ3) is 4.26. The largest absolute Gasteiger partial charge is 0.356 e. The number of fused-ring (bicyclic) bond motifs is 1. The van der Waals surface area contributed by atoms with Crippen LogP contribution in [0, 0.1) is 11.8 Å². The van der Waals surface area contributed by atoms with E-state index in [1.165, 1.54) is 16.1 Å². The first-order valence-electron chi connectivity index (χ1n) is 8.95. The van der Waals surface area contributed by atoms with Gasteiger partial charge in [0.25, 0.3) is 0 Å². The molecule has 0 aliphatic carbocycles. The van der Waals surface area contributed by atoms with Crippen molar-refractivity contribution < 1.29 is 0 Å². The van der Waals surface area contributed by atoms with Crippen LogP contribution < -0.4 is 5.32 Å². The van der Waals surface area contributed by atoms with Crippen molar-refractivity contribution in [1.82, 2.24) is 15.2 Å². The van der Waals surface area contributed by atoms with Crippen LogP contribution in [-0.4, -0.2) is 42.5 Å². The average molecular weight is 345 g/mol. The molecule has 3 rings (SSSR count). The number of aromatic nitrogens is 1. The number of thiazole rings is 1. The lowest BCUT2D eigenvalue weighted by molar-refractivity contribution is 0.208. The SMILES string of the molecule is CN=C(NCCCc1nc2ccccc2s1)N1CC(C)CC(C)C1. The van der Waals surface area contributed by atoms with Gasteiger partial charge in [0, 0.05) is 33.1 Å². The molecule has 2 atom stereocenters. The Balaban J connectivity index is 1.48. The molecular formula is C19H28N4S. The van der Waals surface area contributed by atoms with E-state index in [1.54, 1.807) is 0 Å². The smallest absolute Gasteiger partial charge is 0.193 e. The summed E-state index contributed by atoms with van der Waals surface area (Å²) in [7, 11) is 1.89. The number of rotatable bonds is 4. The highest BCUT2D eigenvalue weighted by Gasteiger charge is 2.23. The number of aryl methyl sites for hydroxylation is 1. The zero-order valence-corrected chi connectivity index (χ0v) is 15.8. The number of likely N-dealkylation sites (tertiary alicyclic amines) is 1. The molecule has 24 heavy (non-hydrogen) atoms. The van der Waals surface area contributed by atoms with E-state index >= 15 is 0 Å². The molecule has 1 aliphatic heterocycles. The molecule has 0 spiro atoms. The van der Waals surface area contributed by atoms with Gasteiger partial charge < -0.3 is 10.2 Å². The van der Waals surface area contributed by atoms with Gasteiger partial charge in [0.15, 0.2) is 5.96 Å². The number of hydrogen-bond donors (Lipinski definition) is 1. The Labute approximate surface area is 149 Å². The van der Waals surface area contributed by atoms with E-state index < -0.39 is 0 Å². The Morgan fingerprint density at radius 1 is 1.29 bits per heavy atom. The minimum absolute atomic E-state index is 0.745. The van der Waals surface area contributed by atoms with Crippen molar-refractivity contribution in [3.8, 4) is 0 Å². The highest BCUT2D eigenvalue weighted by atomic mass is 32.1. The highest BCUT2D eigenvalue weighted by molar-refractivity contribution is 7.18. The van der Waals surface area contributed by atoms with Crippen LogP contribution in [0.5, 0.6) is 0 Å². The van der Waals surface area contributed by atoms with Gasteiger partial charge in [0.2, 0.25) is 0 Å². The van der Waals surface area contributed by atoms with Crippen molar-refractivity contribution in [3.05, 3.63) is 29.3 Å². The number of nitrogens with zero attached hydrogens (tertiary/aromatic N) is 3. The summed E-state index contributed by atoms with van der Waals surface area (Å²) in [5.41, 5.74) is 1.12. The standard InChI is InChI=1S/C19H28N4S/c1-14-11-15(2)13-23(12-14)19(20-3)21-10-6-9-18-22-16-7-4-5-8-17(16)24-18/h4-5,7-8,14-15H,6,9-13H2,1-3H3,(H,20,21). The summed E-state index contributed by atoms with van der Waals surface area (Å²) in [6.07, 6.45) is 3.43. The van der Waals surface area contributed by atoms with Gasteiger partial charge in [-0.1, -0.05) is 26.0 Å². The zero-order chi connectivity index (χ0) is 16.9. The highest BCUT2D eigenvalue weighted by Crippen LogP contribution is 2.22. The van der Waals surface area contributed by atoms with Crippen molar-refractivity contribution in [3.63, 3.8) is 0 Å². The first-order chi connectivity index (χ1) is 11.7. The maximum absolute atomic E-state index is 4.71. The second-order valence-corrected chi connectivity index (χ2v) is 8.12. The summed E-state index contributed by atoms with van der Waals surface area (Å²) < 4.78 is 1.28. The molecule has 0 amide bonds. The minimum atomic E-state index is 0.745. The zero-order valence-electron chi connectivity index (χ0n) is 15.0. The number of benzene rings is 1. The lowest BCUT2D eigenvalue weighted by atomic mass is 9.92. The Bertz CT molecular complexity index is 650. The Morgan fingerprint density at radius 2 is 2.04 bits per heavy atom. The molecule has 1 fully saturated rings. The van der Waals surface area contributed by atoms with E-state index in [9.17, 15) is 0 Å².